The molecule has 1 saturated heterocycles. The summed E-state index contributed by atoms with van der Waals surface area (Å²) in [6.45, 7) is 3.91. The monoisotopic (exact) mass is 287 g/mol. The van der Waals surface area contributed by atoms with Crippen molar-refractivity contribution in [2.45, 2.75) is 69.4 Å². The third-order valence-corrected chi connectivity index (χ3v) is 6.65. The van der Waals surface area contributed by atoms with Crippen LogP contribution in [0.1, 0.15) is 57.8 Å². The molecule has 0 amide bonds. The van der Waals surface area contributed by atoms with Crippen molar-refractivity contribution in [1.82, 2.24) is 10.2 Å². The summed E-state index contributed by atoms with van der Waals surface area (Å²) in [5.74, 6) is 2.58. The first-order valence-corrected chi connectivity index (χ1v) is 9.20. The van der Waals surface area contributed by atoms with Crippen LogP contribution in [-0.2, 0) is 0 Å². The first-order chi connectivity index (χ1) is 10.3. The molecule has 0 radical (unpaired) electrons. The normalized spacial score (nSPS) is 43.1. The fourth-order valence-electron chi connectivity index (χ4n) is 5.28. The van der Waals surface area contributed by atoms with Gasteiger partial charge >= 0.3 is 0 Å². The molecule has 4 aliphatic rings. The van der Waals surface area contributed by atoms with Gasteiger partial charge in [0.25, 0.3) is 0 Å². The molecule has 116 valence electrons. The third kappa shape index (κ3) is 2.73. The van der Waals surface area contributed by atoms with E-state index in [-0.39, 0.29) is 5.54 Å². The minimum Gasteiger partial charge on any atom is -0.303 e. The zero-order valence-electron chi connectivity index (χ0n) is 13.2. The summed E-state index contributed by atoms with van der Waals surface area (Å²) >= 11 is 0. The number of nitrogens with one attached hydrogen (secondary N) is 1. The second kappa shape index (κ2) is 5.56. The van der Waals surface area contributed by atoms with E-state index < -0.39 is 0 Å². The van der Waals surface area contributed by atoms with Crippen LogP contribution in [0.5, 0.6) is 0 Å². The van der Waals surface area contributed by atoms with Gasteiger partial charge in [-0.05, 0) is 69.2 Å². The molecule has 1 N–H and O–H groups in total. The predicted octanol–water partition coefficient (Wildman–Crippen LogP) is 2.92. The zero-order chi connectivity index (χ0) is 14.3. The smallest absolute Gasteiger partial charge is 0.109 e. The molecule has 4 unspecified atom stereocenters. The predicted molar refractivity (Wildman–Crippen MR) is 83.7 cm³/mol. The second-order valence-electron chi connectivity index (χ2n) is 8.09. The van der Waals surface area contributed by atoms with Crippen molar-refractivity contribution < 1.29 is 0 Å². The summed E-state index contributed by atoms with van der Waals surface area (Å²) in [4.78, 5) is 2.70. The van der Waals surface area contributed by atoms with E-state index in [4.69, 9.17) is 0 Å². The SMILES string of the molecule is N#CC1(NC2CC2)CCCC1CCN1CC2CCCC2C1. The summed E-state index contributed by atoms with van der Waals surface area (Å²) in [5, 5.41) is 13.5. The largest absolute Gasteiger partial charge is 0.303 e. The molecule has 3 saturated carbocycles. The molecule has 0 aromatic rings. The van der Waals surface area contributed by atoms with E-state index in [9.17, 15) is 5.26 Å². The molecule has 0 aromatic carbocycles. The van der Waals surface area contributed by atoms with Gasteiger partial charge < -0.3 is 4.90 Å². The van der Waals surface area contributed by atoms with E-state index in [1.54, 1.807) is 0 Å². The van der Waals surface area contributed by atoms with Gasteiger partial charge in [0.15, 0.2) is 0 Å². The van der Waals surface area contributed by atoms with Crippen LogP contribution in [-0.4, -0.2) is 36.1 Å². The molecule has 0 aromatic heterocycles. The molecule has 4 atom stereocenters. The molecule has 0 bridgehead atoms. The van der Waals surface area contributed by atoms with Gasteiger partial charge in [-0.1, -0.05) is 12.8 Å². The highest BCUT2D eigenvalue weighted by molar-refractivity contribution is 5.16. The van der Waals surface area contributed by atoms with E-state index >= 15 is 0 Å². The van der Waals surface area contributed by atoms with Crippen LogP contribution in [0, 0.1) is 29.1 Å². The molecule has 3 nitrogen and oxygen atoms in total. The lowest BCUT2D eigenvalue weighted by atomic mass is 9.85. The highest BCUT2D eigenvalue weighted by atomic mass is 15.2. The van der Waals surface area contributed by atoms with Crippen LogP contribution in [0.25, 0.3) is 0 Å². The Labute approximate surface area is 129 Å². The lowest BCUT2D eigenvalue weighted by Crippen LogP contribution is -2.48. The molecular weight excluding hydrogens is 258 g/mol. The Hall–Kier alpha value is -0.590. The maximum absolute atomic E-state index is 9.76. The summed E-state index contributed by atoms with van der Waals surface area (Å²) in [6, 6.07) is 3.33. The topological polar surface area (TPSA) is 39.1 Å². The van der Waals surface area contributed by atoms with Crippen LogP contribution >= 0.6 is 0 Å². The van der Waals surface area contributed by atoms with Gasteiger partial charge in [-0.15, -0.1) is 0 Å². The number of fused-ring (bicyclic) bond motifs is 1. The van der Waals surface area contributed by atoms with Gasteiger partial charge in [-0.25, -0.2) is 0 Å². The van der Waals surface area contributed by atoms with Crippen molar-refractivity contribution in [2.24, 2.45) is 17.8 Å². The van der Waals surface area contributed by atoms with Crippen molar-refractivity contribution in [3.63, 3.8) is 0 Å². The van der Waals surface area contributed by atoms with Gasteiger partial charge in [-0.2, -0.15) is 5.26 Å². The van der Waals surface area contributed by atoms with E-state index in [0.29, 0.717) is 12.0 Å². The van der Waals surface area contributed by atoms with Crippen LogP contribution in [0.15, 0.2) is 0 Å². The fraction of sp³-hybridized carbons (Fsp3) is 0.944. The molecular formula is C18H29N3. The Balaban J connectivity index is 1.32. The van der Waals surface area contributed by atoms with Crippen molar-refractivity contribution in [1.29, 1.82) is 5.26 Å². The number of hydrogen-bond donors (Lipinski definition) is 1. The van der Waals surface area contributed by atoms with Gasteiger partial charge in [0.1, 0.15) is 5.54 Å². The lowest BCUT2D eigenvalue weighted by Gasteiger charge is -2.31. The molecule has 3 aliphatic carbocycles. The third-order valence-electron chi connectivity index (χ3n) is 6.65. The van der Waals surface area contributed by atoms with Gasteiger partial charge in [0.05, 0.1) is 6.07 Å². The Bertz CT molecular complexity index is 413. The van der Waals surface area contributed by atoms with Gasteiger partial charge in [0, 0.05) is 19.1 Å². The number of likely N-dealkylation sites (tertiary alicyclic amines) is 1. The van der Waals surface area contributed by atoms with E-state index in [0.717, 1.165) is 18.3 Å². The molecule has 1 heterocycles. The summed E-state index contributed by atoms with van der Waals surface area (Å²) in [7, 11) is 0. The van der Waals surface area contributed by atoms with Gasteiger partial charge in [-0.3, -0.25) is 5.32 Å². The van der Waals surface area contributed by atoms with Crippen LogP contribution in [0.2, 0.25) is 0 Å². The Morgan fingerprint density at radius 3 is 2.48 bits per heavy atom. The van der Waals surface area contributed by atoms with Crippen molar-refractivity contribution in [3.8, 4) is 6.07 Å². The molecule has 4 fully saturated rings. The molecule has 3 heteroatoms. The molecule has 4 rings (SSSR count). The van der Waals surface area contributed by atoms with E-state index in [1.807, 2.05) is 0 Å². The highest BCUT2D eigenvalue weighted by Crippen LogP contribution is 2.41. The van der Waals surface area contributed by atoms with Crippen molar-refractivity contribution >= 4 is 0 Å². The zero-order valence-corrected chi connectivity index (χ0v) is 13.2. The maximum atomic E-state index is 9.76. The molecule has 21 heavy (non-hydrogen) atoms. The Morgan fingerprint density at radius 1 is 1.05 bits per heavy atom. The van der Waals surface area contributed by atoms with Gasteiger partial charge in [0.2, 0.25) is 0 Å². The average Bonchev–Trinajstić information content (AvgIpc) is 2.87. The minimum absolute atomic E-state index is 0.184. The standard InChI is InChI=1S/C18H29N3/c19-13-18(20-17-6-7-17)9-2-5-16(18)8-10-21-11-14-3-1-4-15(14)12-21/h14-17,20H,1-12H2. The summed E-state index contributed by atoms with van der Waals surface area (Å²) in [5.41, 5.74) is -0.184. The van der Waals surface area contributed by atoms with Crippen LogP contribution < -0.4 is 5.32 Å². The first kappa shape index (κ1) is 14.0. The lowest BCUT2D eigenvalue weighted by molar-refractivity contribution is 0.239. The Kier molecular flexibility index (Phi) is 3.71. The number of nitrogens with zero attached hydrogens (tertiary/aromatic N) is 2. The average molecular weight is 287 g/mol. The van der Waals surface area contributed by atoms with Crippen molar-refractivity contribution in [3.05, 3.63) is 0 Å². The number of rotatable bonds is 5. The first-order valence-electron chi connectivity index (χ1n) is 9.20. The second-order valence-corrected chi connectivity index (χ2v) is 8.09. The Morgan fingerprint density at radius 2 is 1.81 bits per heavy atom. The number of hydrogen-bond acceptors (Lipinski definition) is 3. The summed E-state index contributed by atoms with van der Waals surface area (Å²) in [6.07, 6.45) is 11.8. The van der Waals surface area contributed by atoms with Crippen molar-refractivity contribution in [2.75, 3.05) is 19.6 Å². The summed E-state index contributed by atoms with van der Waals surface area (Å²) < 4.78 is 0. The molecule has 1 aliphatic heterocycles. The highest BCUT2D eigenvalue weighted by Gasteiger charge is 2.46. The fourth-order valence-corrected chi connectivity index (χ4v) is 5.28. The molecule has 0 spiro atoms. The van der Waals surface area contributed by atoms with Crippen LogP contribution in [0.3, 0.4) is 0 Å². The maximum Gasteiger partial charge on any atom is 0.109 e. The minimum atomic E-state index is -0.184. The van der Waals surface area contributed by atoms with E-state index in [1.165, 1.54) is 71.0 Å². The quantitative estimate of drug-likeness (QED) is 0.845. The van der Waals surface area contributed by atoms with Crippen LogP contribution in [0.4, 0.5) is 0 Å². The number of nitriles is 1. The van der Waals surface area contributed by atoms with E-state index in [2.05, 4.69) is 16.3 Å².